The lowest BCUT2D eigenvalue weighted by Gasteiger charge is -2.27. The number of non-ortho nitro benzene ring substituents is 1. The van der Waals surface area contributed by atoms with Gasteiger partial charge in [0.1, 0.15) is 11.5 Å². The number of alkyl halides is 3. The molecule has 0 radical (unpaired) electrons. The number of aromatic nitrogens is 3. The van der Waals surface area contributed by atoms with Crippen molar-refractivity contribution in [3.63, 3.8) is 0 Å². The molecule has 1 amide bonds. The maximum atomic E-state index is 13.2. The van der Waals surface area contributed by atoms with Crippen LogP contribution >= 0.6 is 0 Å². The fraction of sp³-hybridized carbons (Fsp3) is 0.222. The molecule has 0 spiro atoms. The van der Waals surface area contributed by atoms with Gasteiger partial charge in [-0.25, -0.2) is 9.50 Å². The summed E-state index contributed by atoms with van der Waals surface area (Å²) in [5.74, 6) is 6.07. The van der Waals surface area contributed by atoms with E-state index in [9.17, 15) is 28.1 Å². The molecule has 0 atom stereocenters. The van der Waals surface area contributed by atoms with Crippen molar-refractivity contribution in [1.29, 1.82) is 0 Å². The van der Waals surface area contributed by atoms with E-state index in [0.29, 0.717) is 47.8 Å². The number of nitrogens with zero attached hydrogens (tertiary/aromatic N) is 5. The zero-order valence-electron chi connectivity index (χ0n) is 21.0. The predicted octanol–water partition coefficient (Wildman–Crippen LogP) is 4.45. The average Bonchev–Trinajstić information content (AvgIpc) is 3.34. The summed E-state index contributed by atoms with van der Waals surface area (Å²) in [5.41, 5.74) is -0.122. The van der Waals surface area contributed by atoms with E-state index in [-0.39, 0.29) is 11.3 Å². The topological polar surface area (TPSA) is 115 Å². The first-order valence-corrected chi connectivity index (χ1v) is 12.1. The first-order valence-electron chi connectivity index (χ1n) is 12.1. The zero-order chi connectivity index (χ0) is 28.4. The first-order chi connectivity index (χ1) is 19.1. The Labute approximate surface area is 225 Å². The van der Waals surface area contributed by atoms with Gasteiger partial charge in [0.2, 0.25) is 0 Å². The number of hydrogen-bond donors (Lipinski definition) is 1. The maximum Gasteiger partial charge on any atom is 0.416 e. The van der Waals surface area contributed by atoms with E-state index in [1.165, 1.54) is 6.07 Å². The number of morpholine rings is 1. The molecular weight excluding hydrogens is 529 g/mol. The Morgan fingerprint density at radius 2 is 1.90 bits per heavy atom. The standard InChI is InChI=1S/C27H21F3N6O4/c1-17-18(5-6-21-16-31-24-7-8-25(33-35(21)24)34-9-11-40-12-10-34)3-2-4-23(17)26(37)32-20-13-19(27(28,29)30)14-22(15-20)36(38)39/h2-4,7-8,13-16H,9-12H2,1H3,(H,32,37). The summed E-state index contributed by atoms with van der Waals surface area (Å²) in [6.07, 6.45) is -3.24. The molecule has 2 aromatic carbocycles. The Kier molecular flexibility index (Phi) is 7.10. The van der Waals surface area contributed by atoms with Crippen LogP contribution in [0.1, 0.15) is 32.7 Å². The van der Waals surface area contributed by atoms with Gasteiger partial charge >= 0.3 is 6.18 Å². The second-order valence-corrected chi connectivity index (χ2v) is 8.91. The van der Waals surface area contributed by atoms with Crippen LogP contribution in [0.15, 0.2) is 54.7 Å². The maximum absolute atomic E-state index is 13.2. The van der Waals surface area contributed by atoms with E-state index in [0.717, 1.165) is 25.0 Å². The summed E-state index contributed by atoms with van der Waals surface area (Å²) >= 11 is 0. The van der Waals surface area contributed by atoms with Gasteiger partial charge in [0.05, 0.1) is 29.9 Å². The molecular formula is C27H21F3N6O4. The first kappa shape index (κ1) is 26.6. The number of fused-ring (bicyclic) bond motifs is 1. The SMILES string of the molecule is Cc1c(C#Cc2cnc3ccc(N4CCOCC4)nn23)cccc1C(=O)Nc1cc([N+](=O)[O-])cc(C(F)(F)F)c1. The number of nitro benzene ring substituents is 1. The van der Waals surface area contributed by atoms with Crippen LogP contribution < -0.4 is 10.2 Å². The number of ether oxygens (including phenoxy) is 1. The Hall–Kier alpha value is -4.96. The van der Waals surface area contributed by atoms with Crippen molar-refractivity contribution in [2.45, 2.75) is 13.1 Å². The molecule has 1 aliphatic rings. The van der Waals surface area contributed by atoms with Gasteiger partial charge in [-0.15, -0.1) is 5.10 Å². The van der Waals surface area contributed by atoms with E-state index in [2.05, 4.69) is 32.1 Å². The van der Waals surface area contributed by atoms with Gasteiger partial charge in [-0.2, -0.15) is 13.2 Å². The number of amides is 1. The molecule has 4 aromatic rings. The lowest BCUT2D eigenvalue weighted by molar-refractivity contribution is -0.385. The number of nitrogens with one attached hydrogen (secondary N) is 1. The number of carbonyl (C=O) groups is 1. The van der Waals surface area contributed by atoms with Crippen LogP contribution in [0.2, 0.25) is 0 Å². The number of rotatable bonds is 4. The highest BCUT2D eigenvalue weighted by atomic mass is 19.4. The summed E-state index contributed by atoms with van der Waals surface area (Å²) in [6, 6.07) is 10.4. The summed E-state index contributed by atoms with van der Waals surface area (Å²) in [7, 11) is 0. The van der Waals surface area contributed by atoms with Crippen molar-refractivity contribution in [2.75, 3.05) is 36.5 Å². The fourth-order valence-corrected chi connectivity index (χ4v) is 4.21. The number of carbonyl (C=O) groups excluding carboxylic acids is 1. The van der Waals surface area contributed by atoms with E-state index in [1.807, 2.05) is 12.1 Å². The average molecular weight is 550 g/mol. The zero-order valence-corrected chi connectivity index (χ0v) is 21.0. The van der Waals surface area contributed by atoms with Crippen LogP contribution in [-0.4, -0.2) is 51.7 Å². The molecule has 2 aromatic heterocycles. The molecule has 0 unspecified atom stereocenters. The minimum absolute atomic E-state index is 0.151. The van der Waals surface area contributed by atoms with Crippen LogP contribution in [0.3, 0.4) is 0 Å². The lowest BCUT2D eigenvalue weighted by Crippen LogP contribution is -2.37. The molecule has 1 fully saturated rings. The molecule has 10 nitrogen and oxygen atoms in total. The van der Waals surface area contributed by atoms with Gasteiger partial charge in [-0.05, 0) is 48.7 Å². The van der Waals surface area contributed by atoms with E-state index < -0.39 is 28.3 Å². The predicted molar refractivity (Wildman–Crippen MR) is 139 cm³/mol. The molecule has 40 heavy (non-hydrogen) atoms. The van der Waals surface area contributed by atoms with Crippen LogP contribution in [0.25, 0.3) is 5.65 Å². The van der Waals surface area contributed by atoms with Gasteiger partial charge in [0.15, 0.2) is 5.65 Å². The minimum Gasteiger partial charge on any atom is -0.378 e. The summed E-state index contributed by atoms with van der Waals surface area (Å²) in [4.78, 5) is 29.6. The fourth-order valence-electron chi connectivity index (χ4n) is 4.21. The quantitative estimate of drug-likeness (QED) is 0.227. The highest BCUT2D eigenvalue weighted by molar-refractivity contribution is 6.05. The van der Waals surface area contributed by atoms with Crippen molar-refractivity contribution < 1.29 is 27.6 Å². The van der Waals surface area contributed by atoms with E-state index >= 15 is 0 Å². The molecule has 1 N–H and O–H groups in total. The number of anilines is 2. The summed E-state index contributed by atoms with van der Waals surface area (Å²) in [5, 5.41) is 18.1. The molecule has 0 saturated carbocycles. The van der Waals surface area contributed by atoms with Gasteiger partial charge < -0.3 is 15.0 Å². The third-order valence-corrected chi connectivity index (χ3v) is 6.30. The highest BCUT2D eigenvalue weighted by Gasteiger charge is 2.33. The smallest absolute Gasteiger partial charge is 0.378 e. The third kappa shape index (κ3) is 5.57. The van der Waals surface area contributed by atoms with Gasteiger partial charge in [0.25, 0.3) is 11.6 Å². The Bertz CT molecular complexity index is 1680. The summed E-state index contributed by atoms with van der Waals surface area (Å²) < 4.78 is 46.7. The molecule has 0 aliphatic carbocycles. The van der Waals surface area contributed by atoms with Crippen LogP contribution in [-0.2, 0) is 10.9 Å². The monoisotopic (exact) mass is 550 g/mol. The molecule has 5 rings (SSSR count). The second kappa shape index (κ2) is 10.7. The van der Waals surface area contributed by atoms with Crippen molar-refractivity contribution >= 4 is 28.7 Å². The largest absolute Gasteiger partial charge is 0.416 e. The van der Waals surface area contributed by atoms with Crippen LogP contribution in [0.5, 0.6) is 0 Å². The minimum atomic E-state index is -4.83. The second-order valence-electron chi connectivity index (χ2n) is 8.91. The number of imidazole rings is 1. The van der Waals surface area contributed by atoms with Gasteiger partial charge in [0, 0.05) is 42.0 Å². The van der Waals surface area contributed by atoms with Crippen molar-refractivity contribution in [1.82, 2.24) is 14.6 Å². The molecule has 13 heteroatoms. The number of hydrogen-bond acceptors (Lipinski definition) is 7. The molecule has 204 valence electrons. The highest BCUT2D eigenvalue weighted by Crippen LogP contribution is 2.34. The van der Waals surface area contributed by atoms with Gasteiger partial charge in [-0.3, -0.25) is 14.9 Å². The molecule has 1 aliphatic heterocycles. The normalized spacial score (nSPS) is 13.6. The Balaban J connectivity index is 1.42. The van der Waals surface area contributed by atoms with E-state index in [4.69, 9.17) is 4.74 Å². The lowest BCUT2D eigenvalue weighted by atomic mass is 10.0. The number of nitro groups is 1. The molecule has 0 bridgehead atoms. The molecule has 3 heterocycles. The number of halogens is 3. The van der Waals surface area contributed by atoms with E-state index in [1.54, 1.807) is 29.8 Å². The van der Waals surface area contributed by atoms with Crippen molar-refractivity contribution in [3.05, 3.63) is 92.8 Å². The third-order valence-electron chi connectivity index (χ3n) is 6.30. The van der Waals surface area contributed by atoms with Crippen molar-refractivity contribution in [3.8, 4) is 11.8 Å². The number of benzene rings is 2. The molecule has 1 saturated heterocycles. The van der Waals surface area contributed by atoms with Crippen LogP contribution in [0, 0.1) is 28.9 Å². The van der Waals surface area contributed by atoms with Gasteiger partial charge in [-0.1, -0.05) is 12.0 Å². The Morgan fingerprint density at radius 1 is 1.12 bits per heavy atom. The van der Waals surface area contributed by atoms with Crippen LogP contribution in [0.4, 0.5) is 30.4 Å². The van der Waals surface area contributed by atoms with Crippen molar-refractivity contribution in [2.24, 2.45) is 0 Å². The Morgan fingerprint density at radius 3 is 2.62 bits per heavy atom. The summed E-state index contributed by atoms with van der Waals surface area (Å²) in [6.45, 7) is 4.32.